The molecule has 2 aromatic carbocycles. The zero-order chi connectivity index (χ0) is 26.1. The Hall–Kier alpha value is -3.57. The number of halogens is 4. The van der Waals surface area contributed by atoms with Crippen molar-refractivity contribution < 1.29 is 23.0 Å². The second kappa shape index (κ2) is 8.49. The van der Waals surface area contributed by atoms with Crippen LogP contribution in [0, 0.1) is 0 Å². The van der Waals surface area contributed by atoms with Crippen LogP contribution < -0.4 is 10.3 Å². The van der Waals surface area contributed by atoms with Gasteiger partial charge < -0.3 is 9.84 Å². The summed E-state index contributed by atoms with van der Waals surface area (Å²) in [5.74, 6) is 1.10. The quantitative estimate of drug-likeness (QED) is 0.282. The molecule has 5 aromatic rings. The van der Waals surface area contributed by atoms with E-state index in [4.69, 9.17) is 21.3 Å². The Labute approximate surface area is 216 Å². The molecule has 0 aliphatic heterocycles. The van der Waals surface area contributed by atoms with Gasteiger partial charge in [-0.1, -0.05) is 17.7 Å². The number of nitrogens with zero attached hydrogens (tertiary/aromatic N) is 4. The number of aromatic nitrogens is 4. The fourth-order valence-corrected chi connectivity index (χ4v) is 5.83. The van der Waals surface area contributed by atoms with Gasteiger partial charge in [0.1, 0.15) is 16.4 Å². The third-order valence-electron chi connectivity index (χ3n) is 6.44. The van der Waals surface area contributed by atoms with E-state index < -0.39 is 11.9 Å². The molecular weight excluding hydrogens is 529 g/mol. The molecule has 1 fully saturated rings. The average Bonchev–Trinajstić information content (AvgIpc) is 3.47. The molecule has 0 bridgehead atoms. The smallest absolute Gasteiger partial charge is 0.504 e. The van der Waals surface area contributed by atoms with E-state index in [2.05, 4.69) is 5.10 Å². The van der Waals surface area contributed by atoms with Crippen LogP contribution in [0.5, 0.6) is 11.5 Å². The summed E-state index contributed by atoms with van der Waals surface area (Å²) in [6.07, 6.45) is -0.793. The van der Waals surface area contributed by atoms with Gasteiger partial charge >= 0.3 is 6.30 Å². The summed E-state index contributed by atoms with van der Waals surface area (Å²) in [7, 11) is 1.57. The van der Waals surface area contributed by atoms with E-state index in [1.165, 1.54) is 10.6 Å². The summed E-state index contributed by atoms with van der Waals surface area (Å²) < 4.78 is 46.6. The topological polar surface area (TPSA) is 82.2 Å². The van der Waals surface area contributed by atoms with E-state index in [0.717, 1.165) is 42.1 Å². The molecule has 3 aromatic heterocycles. The van der Waals surface area contributed by atoms with Crippen molar-refractivity contribution in [2.24, 2.45) is 0 Å². The Morgan fingerprint density at radius 2 is 2.03 bits per heavy atom. The molecule has 0 unspecified atom stereocenters. The summed E-state index contributed by atoms with van der Waals surface area (Å²) in [5, 5.41) is 14.8. The van der Waals surface area contributed by atoms with Crippen molar-refractivity contribution in [1.82, 2.24) is 19.3 Å². The molecule has 1 N–H and O–H groups in total. The van der Waals surface area contributed by atoms with E-state index in [1.54, 1.807) is 19.2 Å². The van der Waals surface area contributed by atoms with Gasteiger partial charge in [0.25, 0.3) is 5.56 Å². The highest BCUT2D eigenvalue weighted by atomic mass is 35.5. The van der Waals surface area contributed by atoms with Gasteiger partial charge in [0.2, 0.25) is 0 Å². The van der Waals surface area contributed by atoms with Gasteiger partial charge in [-0.25, -0.2) is 4.98 Å². The number of fused-ring (bicyclic) bond motifs is 3. The van der Waals surface area contributed by atoms with Crippen molar-refractivity contribution in [3.8, 4) is 22.9 Å². The number of rotatable bonds is 5. The second-order valence-electron chi connectivity index (χ2n) is 8.87. The third kappa shape index (κ3) is 4.02. The number of hydrogen-bond donors (Lipinski definition) is 1. The fraction of sp³-hybridized carbons (Fsp3) is 0.240. The number of phenolic OH excluding ortho intramolecular Hbond substituents is 1. The number of alkyl halides is 3. The lowest BCUT2D eigenvalue weighted by molar-refractivity contribution is -0.212. The molecule has 1 saturated carbocycles. The molecule has 3 heterocycles. The molecule has 1 aliphatic carbocycles. The molecule has 0 radical (unpaired) electrons. The van der Waals surface area contributed by atoms with Crippen LogP contribution in [0.15, 0.2) is 47.5 Å². The molecule has 7 nitrogen and oxygen atoms in total. The van der Waals surface area contributed by atoms with Crippen LogP contribution in [-0.2, 0) is 12.8 Å². The van der Waals surface area contributed by atoms with Crippen LogP contribution in [0.25, 0.3) is 31.7 Å². The molecule has 6 rings (SSSR count). The molecular formula is C25H18ClF3N4O3S. The number of hydrogen-bond acceptors (Lipinski definition) is 6. The molecule has 1 aliphatic rings. The minimum Gasteiger partial charge on any atom is -0.505 e. The highest BCUT2D eigenvalue weighted by Crippen LogP contribution is 2.46. The number of aromatic hydroxyl groups is 1. The maximum absolute atomic E-state index is 14.0. The normalized spacial score (nSPS) is 14.1. The van der Waals surface area contributed by atoms with E-state index in [-0.39, 0.29) is 38.9 Å². The largest absolute Gasteiger partial charge is 0.505 e. The standard InChI is InChI=1S/C25H18ClF3N4O3S/c1-36-14-4-5-15(17(8-14)13-2-3-13)22-31-23-19(16-6-7-18(26)20(34)21(16)37-23)24(35)32(22)10-12-9-30-33(11-12)25(27,28)29/h4-9,11,13,34H,2-3,10H2,1H3. The van der Waals surface area contributed by atoms with Gasteiger partial charge in [0, 0.05) is 22.7 Å². The summed E-state index contributed by atoms with van der Waals surface area (Å²) >= 11 is 7.23. The van der Waals surface area contributed by atoms with Gasteiger partial charge in [-0.05, 0) is 48.6 Å². The van der Waals surface area contributed by atoms with Crippen LogP contribution in [0.1, 0.15) is 29.9 Å². The highest BCUT2D eigenvalue weighted by Gasteiger charge is 2.32. The molecule has 37 heavy (non-hydrogen) atoms. The first-order valence-electron chi connectivity index (χ1n) is 11.3. The summed E-state index contributed by atoms with van der Waals surface area (Å²) in [6, 6.07) is 8.61. The fourth-order valence-electron chi connectivity index (χ4n) is 4.50. The molecule has 0 spiro atoms. The number of thiophene rings is 1. The second-order valence-corrected chi connectivity index (χ2v) is 10.3. The van der Waals surface area contributed by atoms with Gasteiger partial charge in [0.05, 0.1) is 35.0 Å². The lowest BCUT2D eigenvalue weighted by Crippen LogP contribution is -2.24. The number of benzene rings is 2. The van der Waals surface area contributed by atoms with Crippen molar-refractivity contribution in [3.63, 3.8) is 0 Å². The predicted molar refractivity (Wildman–Crippen MR) is 135 cm³/mol. The van der Waals surface area contributed by atoms with Crippen LogP contribution in [0.3, 0.4) is 0 Å². The average molecular weight is 547 g/mol. The minimum atomic E-state index is -4.68. The Balaban J connectivity index is 1.63. The number of methoxy groups -OCH3 is 1. The molecule has 12 heteroatoms. The molecule has 0 atom stereocenters. The lowest BCUT2D eigenvalue weighted by Gasteiger charge is -2.16. The van der Waals surface area contributed by atoms with Gasteiger partial charge in [-0.2, -0.15) is 9.78 Å². The first-order chi connectivity index (χ1) is 17.7. The highest BCUT2D eigenvalue weighted by molar-refractivity contribution is 7.25. The summed E-state index contributed by atoms with van der Waals surface area (Å²) in [5.41, 5.74) is 1.40. The summed E-state index contributed by atoms with van der Waals surface area (Å²) in [4.78, 5) is 19.2. The van der Waals surface area contributed by atoms with Crippen molar-refractivity contribution in [3.05, 3.63) is 69.2 Å². The van der Waals surface area contributed by atoms with E-state index in [1.807, 2.05) is 12.1 Å². The lowest BCUT2D eigenvalue weighted by atomic mass is 10.0. The van der Waals surface area contributed by atoms with Crippen LogP contribution in [0.4, 0.5) is 13.2 Å². The minimum absolute atomic E-state index is 0.0952. The van der Waals surface area contributed by atoms with Crippen LogP contribution in [-0.4, -0.2) is 31.5 Å². The van der Waals surface area contributed by atoms with Gasteiger partial charge in [0.15, 0.2) is 5.75 Å². The monoisotopic (exact) mass is 546 g/mol. The first kappa shape index (κ1) is 23.8. The zero-order valence-electron chi connectivity index (χ0n) is 19.2. The Morgan fingerprint density at radius 3 is 2.70 bits per heavy atom. The van der Waals surface area contributed by atoms with Gasteiger partial charge in [-0.15, -0.1) is 24.5 Å². The van der Waals surface area contributed by atoms with Crippen LogP contribution >= 0.6 is 22.9 Å². The Bertz CT molecular complexity index is 1750. The van der Waals surface area contributed by atoms with Gasteiger partial charge in [-0.3, -0.25) is 9.36 Å². The third-order valence-corrected chi connectivity index (χ3v) is 7.85. The Morgan fingerprint density at radius 1 is 1.24 bits per heavy atom. The predicted octanol–water partition coefficient (Wildman–Crippen LogP) is 6.24. The van der Waals surface area contributed by atoms with E-state index in [9.17, 15) is 23.1 Å². The molecule has 0 amide bonds. The van der Waals surface area contributed by atoms with Crippen LogP contribution in [0.2, 0.25) is 5.02 Å². The van der Waals surface area contributed by atoms with Crippen molar-refractivity contribution >= 4 is 43.2 Å². The number of ether oxygens (including phenoxy) is 1. The maximum atomic E-state index is 14.0. The van der Waals surface area contributed by atoms with E-state index in [0.29, 0.717) is 32.1 Å². The maximum Gasteiger partial charge on any atom is 0.504 e. The SMILES string of the molecule is COc1ccc(-c2nc3sc4c(O)c(Cl)ccc4c3c(=O)n2Cc2cnn(C(F)(F)F)c2)c(C2CC2)c1. The van der Waals surface area contributed by atoms with E-state index >= 15 is 0 Å². The first-order valence-corrected chi connectivity index (χ1v) is 12.5. The zero-order valence-corrected chi connectivity index (χ0v) is 20.8. The summed E-state index contributed by atoms with van der Waals surface area (Å²) in [6.45, 7) is -0.180. The van der Waals surface area contributed by atoms with Crippen molar-refractivity contribution in [2.45, 2.75) is 31.6 Å². The van der Waals surface area contributed by atoms with Crippen molar-refractivity contribution in [2.75, 3.05) is 7.11 Å². The Kier molecular flexibility index (Phi) is 5.46. The van der Waals surface area contributed by atoms with Crippen molar-refractivity contribution in [1.29, 1.82) is 0 Å². The molecule has 0 saturated heterocycles. The number of phenols is 1. The molecule has 190 valence electrons.